The molecule has 1 heterocycles. The maximum absolute atomic E-state index is 13.6. The molecule has 1 saturated heterocycles. The first-order valence-corrected chi connectivity index (χ1v) is 13.1. The Hall–Kier alpha value is -2.92. The standard InChI is InChI=1S/C23H24N2O6S2/c1-17-8-11-20(12-9-17)33(29,30)25-15-14-24(32(27,28)19-6-4-3-5-7-19)23(25)18-10-13-21(26)22(16-18)31-2/h3-13,16,23,26H,14-15H2,1-2H3. The van der Waals surface area contributed by atoms with Crippen LogP contribution in [0, 0.1) is 6.92 Å². The van der Waals surface area contributed by atoms with Crippen LogP contribution in [0.1, 0.15) is 17.3 Å². The second-order valence-corrected chi connectivity index (χ2v) is 11.4. The fourth-order valence-electron chi connectivity index (χ4n) is 3.85. The number of rotatable bonds is 6. The molecule has 1 fully saturated rings. The second-order valence-electron chi connectivity index (χ2n) is 7.66. The van der Waals surface area contributed by atoms with Crippen molar-refractivity contribution in [3.05, 3.63) is 83.9 Å². The number of nitrogens with zero attached hydrogens (tertiary/aromatic N) is 2. The maximum Gasteiger partial charge on any atom is 0.244 e. The molecular formula is C23H24N2O6S2. The summed E-state index contributed by atoms with van der Waals surface area (Å²) in [6.07, 6.45) is -1.16. The zero-order valence-electron chi connectivity index (χ0n) is 18.1. The molecule has 4 rings (SSSR count). The largest absolute Gasteiger partial charge is 0.504 e. The SMILES string of the molecule is COc1cc(C2N(S(=O)(=O)c3ccccc3)CCN2S(=O)(=O)c2ccc(C)cc2)ccc1O. The Kier molecular flexibility index (Phi) is 6.19. The molecule has 1 N–H and O–H groups in total. The van der Waals surface area contributed by atoms with E-state index in [4.69, 9.17) is 4.74 Å². The van der Waals surface area contributed by atoms with E-state index in [0.29, 0.717) is 5.56 Å². The molecule has 0 radical (unpaired) electrons. The molecule has 33 heavy (non-hydrogen) atoms. The van der Waals surface area contributed by atoms with Crippen LogP contribution in [0.2, 0.25) is 0 Å². The lowest BCUT2D eigenvalue weighted by atomic mass is 10.1. The van der Waals surface area contributed by atoms with E-state index in [0.717, 1.165) is 5.56 Å². The average molecular weight is 489 g/mol. The number of aromatic hydroxyl groups is 1. The molecule has 0 amide bonds. The molecule has 1 aliphatic heterocycles. The number of ether oxygens (including phenoxy) is 1. The first-order chi connectivity index (χ1) is 15.7. The van der Waals surface area contributed by atoms with Gasteiger partial charge in [0, 0.05) is 13.1 Å². The number of sulfonamides is 2. The maximum atomic E-state index is 13.6. The normalized spacial score (nSPS) is 17.8. The third-order valence-electron chi connectivity index (χ3n) is 5.57. The van der Waals surface area contributed by atoms with Crippen LogP contribution >= 0.6 is 0 Å². The Morgan fingerprint density at radius 3 is 1.91 bits per heavy atom. The molecule has 3 aromatic carbocycles. The van der Waals surface area contributed by atoms with Gasteiger partial charge in [-0.15, -0.1) is 0 Å². The van der Waals surface area contributed by atoms with Crippen molar-refractivity contribution in [2.75, 3.05) is 20.2 Å². The van der Waals surface area contributed by atoms with E-state index in [1.807, 2.05) is 6.92 Å². The summed E-state index contributed by atoms with van der Waals surface area (Å²) in [6.45, 7) is 1.79. The van der Waals surface area contributed by atoms with Crippen LogP contribution in [-0.2, 0) is 20.0 Å². The van der Waals surface area contributed by atoms with E-state index >= 15 is 0 Å². The van der Waals surface area contributed by atoms with Crippen molar-refractivity contribution in [1.29, 1.82) is 0 Å². The van der Waals surface area contributed by atoms with E-state index in [2.05, 4.69) is 0 Å². The second kappa shape index (κ2) is 8.79. The topological polar surface area (TPSA) is 104 Å². The number of aryl methyl sites for hydroxylation is 1. The molecule has 0 aliphatic carbocycles. The highest BCUT2D eigenvalue weighted by atomic mass is 32.2. The van der Waals surface area contributed by atoms with Crippen LogP contribution in [0.4, 0.5) is 0 Å². The molecule has 174 valence electrons. The molecule has 0 spiro atoms. The quantitative estimate of drug-likeness (QED) is 0.572. The summed E-state index contributed by atoms with van der Waals surface area (Å²) in [6, 6.07) is 18.6. The van der Waals surface area contributed by atoms with E-state index in [-0.39, 0.29) is 34.4 Å². The Balaban J connectivity index is 1.86. The molecule has 1 unspecified atom stereocenters. The van der Waals surface area contributed by atoms with Gasteiger partial charge in [0.25, 0.3) is 0 Å². The molecule has 0 saturated carbocycles. The predicted octanol–water partition coefficient (Wildman–Crippen LogP) is 3.10. The van der Waals surface area contributed by atoms with E-state index in [1.165, 1.54) is 58.2 Å². The van der Waals surface area contributed by atoms with Gasteiger partial charge in [-0.2, -0.15) is 8.61 Å². The van der Waals surface area contributed by atoms with Gasteiger partial charge in [0.1, 0.15) is 6.17 Å². The lowest BCUT2D eigenvalue weighted by Crippen LogP contribution is -2.38. The Labute approximate surface area is 193 Å². The molecule has 10 heteroatoms. The van der Waals surface area contributed by atoms with Gasteiger partial charge < -0.3 is 9.84 Å². The minimum absolute atomic E-state index is 0.0316. The summed E-state index contributed by atoms with van der Waals surface area (Å²) >= 11 is 0. The van der Waals surface area contributed by atoms with Crippen LogP contribution in [-0.4, -0.2) is 50.8 Å². The fraction of sp³-hybridized carbons (Fsp3) is 0.217. The van der Waals surface area contributed by atoms with Gasteiger partial charge in [-0.3, -0.25) is 0 Å². The predicted molar refractivity (Wildman–Crippen MR) is 123 cm³/mol. The van der Waals surface area contributed by atoms with Crippen LogP contribution < -0.4 is 4.74 Å². The number of methoxy groups -OCH3 is 1. The summed E-state index contributed by atoms with van der Waals surface area (Å²) in [5, 5.41) is 10.0. The third kappa shape index (κ3) is 4.22. The van der Waals surface area contributed by atoms with Gasteiger partial charge in [-0.1, -0.05) is 42.0 Å². The zero-order valence-corrected chi connectivity index (χ0v) is 19.8. The minimum atomic E-state index is -4.03. The van der Waals surface area contributed by atoms with Gasteiger partial charge in [0.2, 0.25) is 20.0 Å². The highest BCUT2D eigenvalue weighted by Crippen LogP contribution is 2.41. The van der Waals surface area contributed by atoms with Crippen LogP contribution in [0.15, 0.2) is 82.6 Å². The third-order valence-corrected chi connectivity index (χ3v) is 9.30. The summed E-state index contributed by atoms with van der Waals surface area (Å²) in [5.41, 5.74) is 1.26. The summed E-state index contributed by atoms with van der Waals surface area (Å²) in [4.78, 5) is 0.137. The van der Waals surface area contributed by atoms with Gasteiger partial charge >= 0.3 is 0 Å². The Morgan fingerprint density at radius 2 is 1.36 bits per heavy atom. The van der Waals surface area contributed by atoms with Gasteiger partial charge in [0.05, 0.1) is 16.9 Å². The number of benzene rings is 3. The molecule has 8 nitrogen and oxygen atoms in total. The van der Waals surface area contributed by atoms with Crippen molar-refractivity contribution in [3.8, 4) is 11.5 Å². The first-order valence-electron chi connectivity index (χ1n) is 10.2. The van der Waals surface area contributed by atoms with Crippen LogP contribution in [0.25, 0.3) is 0 Å². The number of phenolic OH excluding ortho intramolecular Hbond substituents is 1. The van der Waals surface area contributed by atoms with Gasteiger partial charge in [0.15, 0.2) is 11.5 Å². The van der Waals surface area contributed by atoms with Crippen molar-refractivity contribution < 1.29 is 26.7 Å². The molecule has 0 bridgehead atoms. The monoisotopic (exact) mass is 488 g/mol. The van der Waals surface area contributed by atoms with Crippen LogP contribution in [0.5, 0.6) is 11.5 Å². The lowest BCUT2D eigenvalue weighted by Gasteiger charge is -2.30. The van der Waals surface area contributed by atoms with Crippen molar-refractivity contribution in [3.63, 3.8) is 0 Å². The Bertz CT molecular complexity index is 1360. The summed E-state index contributed by atoms with van der Waals surface area (Å²) in [7, 11) is -6.69. The zero-order chi connectivity index (χ0) is 23.8. The highest BCUT2D eigenvalue weighted by molar-refractivity contribution is 7.90. The molecular weight excluding hydrogens is 464 g/mol. The number of hydrogen-bond acceptors (Lipinski definition) is 6. The van der Waals surface area contributed by atoms with Gasteiger partial charge in [-0.05, 0) is 48.9 Å². The highest BCUT2D eigenvalue weighted by Gasteiger charge is 2.46. The lowest BCUT2D eigenvalue weighted by molar-refractivity contribution is 0.290. The van der Waals surface area contributed by atoms with E-state index in [9.17, 15) is 21.9 Å². The van der Waals surface area contributed by atoms with Crippen molar-refractivity contribution in [2.45, 2.75) is 22.9 Å². The minimum Gasteiger partial charge on any atom is -0.504 e. The summed E-state index contributed by atoms with van der Waals surface area (Å²) in [5.74, 6) is -0.0196. The van der Waals surface area contributed by atoms with Gasteiger partial charge in [-0.25, -0.2) is 16.8 Å². The number of hydrogen-bond donors (Lipinski definition) is 1. The van der Waals surface area contributed by atoms with Crippen molar-refractivity contribution >= 4 is 20.0 Å². The van der Waals surface area contributed by atoms with Crippen molar-refractivity contribution in [1.82, 2.24) is 8.61 Å². The molecule has 1 aliphatic rings. The summed E-state index contributed by atoms with van der Waals surface area (Å²) < 4.78 is 61.7. The van der Waals surface area contributed by atoms with E-state index in [1.54, 1.807) is 30.3 Å². The van der Waals surface area contributed by atoms with E-state index < -0.39 is 26.2 Å². The first kappa shape index (κ1) is 23.2. The average Bonchev–Trinajstić information content (AvgIpc) is 3.27. The van der Waals surface area contributed by atoms with Crippen molar-refractivity contribution in [2.24, 2.45) is 0 Å². The smallest absolute Gasteiger partial charge is 0.244 e. The molecule has 1 atom stereocenters. The molecule has 3 aromatic rings. The molecule has 0 aromatic heterocycles. The number of phenols is 1. The fourth-order valence-corrected chi connectivity index (χ4v) is 7.07. The van der Waals surface area contributed by atoms with Crippen LogP contribution in [0.3, 0.4) is 0 Å². The Morgan fingerprint density at radius 1 is 0.818 bits per heavy atom.